The van der Waals surface area contributed by atoms with E-state index < -0.39 is 8.07 Å². The molecule has 0 N–H and O–H groups in total. The highest BCUT2D eigenvalue weighted by molar-refractivity contribution is 8.00. The Kier molecular flexibility index (Phi) is 8.17. The molecule has 0 aromatic heterocycles. The third kappa shape index (κ3) is 5.00. The molecule has 0 amide bonds. The Labute approximate surface area is 332 Å². The van der Waals surface area contributed by atoms with Crippen molar-refractivity contribution in [3.63, 3.8) is 0 Å². The summed E-state index contributed by atoms with van der Waals surface area (Å²) in [5.41, 5.74) is 15.4. The average Bonchev–Trinajstić information content (AvgIpc) is 3.50. The van der Waals surface area contributed by atoms with Gasteiger partial charge in [0.2, 0.25) is 6.71 Å². The fourth-order valence-corrected chi connectivity index (χ4v) is 16.8. The average molecular weight is 744 g/mol. The second-order valence-corrected chi connectivity index (χ2v) is 21.3. The minimum absolute atomic E-state index is 0.167. The summed E-state index contributed by atoms with van der Waals surface area (Å²) in [4.78, 5) is 5.28. The molecule has 1 nitrogen and oxygen atoms in total. The molecule has 4 heteroatoms. The van der Waals surface area contributed by atoms with E-state index >= 15 is 0 Å². The van der Waals surface area contributed by atoms with Crippen molar-refractivity contribution in [2.45, 2.75) is 69.1 Å². The molecule has 268 valence electrons. The standard InChI is InChI=1S/C51H46BNSSi/c1-32(2)35-29-39(33(3)4)51(40(30-35)34(5)6)52-41-19-9-12-22-45(41)54-46-31-36(27-28-42(46)52)53-43-20-10-15-25-49(43)55(50-26-16-11-21-44(50)53)47-23-13-7-17-37(47)38-18-8-14-24-48(38)55/h7-34H,1-6H3. The Hall–Kier alpha value is -5.03. The van der Waals surface area contributed by atoms with Crippen LogP contribution in [-0.2, 0) is 0 Å². The van der Waals surface area contributed by atoms with Gasteiger partial charge in [-0.15, -0.1) is 0 Å². The SMILES string of the molecule is CC(C)c1cc(C(C)C)c(B2c3ccccc3Sc3cc(N4c5ccccc5[Si]5(c6ccccc6-c6ccccc65)c5ccccc54)ccc32)c(C(C)C)c1. The molecule has 10 rings (SSSR count). The highest BCUT2D eigenvalue weighted by Gasteiger charge is 2.53. The Balaban J connectivity index is 1.20. The van der Waals surface area contributed by atoms with Gasteiger partial charge in [-0.1, -0.05) is 191 Å². The van der Waals surface area contributed by atoms with E-state index in [2.05, 4.69) is 198 Å². The predicted octanol–water partition coefficient (Wildman–Crippen LogP) is 9.18. The van der Waals surface area contributed by atoms with Gasteiger partial charge in [-0.2, -0.15) is 0 Å². The molecule has 3 aliphatic rings. The van der Waals surface area contributed by atoms with E-state index in [1.54, 1.807) is 0 Å². The maximum atomic E-state index is 2.57. The summed E-state index contributed by atoms with van der Waals surface area (Å²) in [5, 5.41) is 5.93. The zero-order chi connectivity index (χ0) is 37.6. The molecule has 0 aliphatic carbocycles. The summed E-state index contributed by atoms with van der Waals surface area (Å²) >= 11 is 1.94. The van der Waals surface area contributed by atoms with Crippen LogP contribution in [0.15, 0.2) is 161 Å². The lowest BCUT2D eigenvalue weighted by molar-refractivity contribution is 0.812. The zero-order valence-electron chi connectivity index (χ0n) is 32.6. The number of hydrogen-bond donors (Lipinski definition) is 0. The van der Waals surface area contributed by atoms with Gasteiger partial charge in [0.15, 0.2) is 8.07 Å². The van der Waals surface area contributed by atoms with Crippen LogP contribution in [0, 0.1) is 0 Å². The molecule has 0 bridgehead atoms. The van der Waals surface area contributed by atoms with Crippen molar-refractivity contribution in [3.8, 4) is 11.1 Å². The first kappa shape index (κ1) is 34.5. The molecule has 7 aromatic carbocycles. The summed E-state index contributed by atoms with van der Waals surface area (Å²) in [6, 6.07) is 58.6. The van der Waals surface area contributed by atoms with Gasteiger partial charge in [-0.05, 0) is 96.6 Å². The normalized spacial score (nSPS) is 14.5. The topological polar surface area (TPSA) is 3.24 Å². The second kappa shape index (κ2) is 13.0. The summed E-state index contributed by atoms with van der Waals surface area (Å²) in [6.45, 7) is 14.3. The lowest BCUT2D eigenvalue weighted by Gasteiger charge is -2.43. The van der Waals surface area contributed by atoms with E-state index in [0.717, 1.165) is 0 Å². The Bertz CT molecular complexity index is 2530. The van der Waals surface area contributed by atoms with Crippen molar-refractivity contribution in [1.29, 1.82) is 0 Å². The van der Waals surface area contributed by atoms with Gasteiger partial charge >= 0.3 is 0 Å². The maximum absolute atomic E-state index is 2.60. The maximum Gasteiger partial charge on any atom is 0.244 e. The van der Waals surface area contributed by atoms with Crippen molar-refractivity contribution in [3.05, 3.63) is 168 Å². The Morgan fingerprint density at radius 2 is 0.964 bits per heavy atom. The van der Waals surface area contributed by atoms with Crippen LogP contribution in [0.25, 0.3) is 11.1 Å². The molecule has 0 saturated carbocycles. The first-order chi connectivity index (χ1) is 26.8. The summed E-state index contributed by atoms with van der Waals surface area (Å²) < 4.78 is 0. The van der Waals surface area contributed by atoms with E-state index in [0.29, 0.717) is 17.8 Å². The number of fused-ring (bicyclic) bond motifs is 11. The minimum Gasteiger partial charge on any atom is -0.311 e. The van der Waals surface area contributed by atoms with Crippen LogP contribution in [0.5, 0.6) is 0 Å². The number of nitrogens with zero attached hydrogens (tertiary/aromatic N) is 1. The number of anilines is 3. The fourth-order valence-electron chi connectivity index (χ4n) is 10.1. The van der Waals surface area contributed by atoms with Crippen molar-refractivity contribution in [2.24, 2.45) is 0 Å². The largest absolute Gasteiger partial charge is 0.311 e. The van der Waals surface area contributed by atoms with Gasteiger partial charge in [-0.3, -0.25) is 0 Å². The van der Waals surface area contributed by atoms with Gasteiger partial charge in [0.1, 0.15) is 0 Å². The number of rotatable bonds is 5. The van der Waals surface area contributed by atoms with Crippen LogP contribution in [0.1, 0.15) is 76.0 Å². The number of benzene rings is 7. The monoisotopic (exact) mass is 743 g/mol. The van der Waals surface area contributed by atoms with Crippen LogP contribution < -0.4 is 42.0 Å². The van der Waals surface area contributed by atoms with Crippen LogP contribution >= 0.6 is 11.8 Å². The molecule has 0 fully saturated rings. The van der Waals surface area contributed by atoms with Crippen molar-refractivity contribution in [2.75, 3.05) is 4.90 Å². The van der Waals surface area contributed by atoms with E-state index in [-0.39, 0.29) is 6.71 Å². The van der Waals surface area contributed by atoms with Crippen LogP contribution in [0.3, 0.4) is 0 Å². The molecule has 0 radical (unpaired) electrons. The molecule has 55 heavy (non-hydrogen) atoms. The number of para-hydroxylation sites is 2. The molecular formula is C51H46BNSSi. The van der Waals surface area contributed by atoms with Crippen LogP contribution in [0.4, 0.5) is 17.1 Å². The lowest BCUT2D eigenvalue weighted by atomic mass is 9.34. The van der Waals surface area contributed by atoms with E-state index in [9.17, 15) is 0 Å². The third-order valence-corrected chi connectivity index (χ3v) is 18.6. The molecule has 1 spiro atoms. The summed E-state index contributed by atoms with van der Waals surface area (Å²) in [7, 11) is -2.60. The van der Waals surface area contributed by atoms with E-state index in [4.69, 9.17) is 0 Å². The smallest absolute Gasteiger partial charge is 0.244 e. The zero-order valence-corrected chi connectivity index (χ0v) is 34.4. The lowest BCUT2D eigenvalue weighted by Crippen LogP contribution is -2.75. The third-order valence-electron chi connectivity index (χ3n) is 12.5. The minimum atomic E-state index is -2.60. The molecular weight excluding hydrogens is 698 g/mol. The van der Waals surface area contributed by atoms with Crippen LogP contribution in [-0.4, -0.2) is 14.8 Å². The van der Waals surface area contributed by atoms with Gasteiger partial charge in [-0.25, -0.2) is 0 Å². The summed E-state index contributed by atoms with van der Waals surface area (Å²) in [6.07, 6.45) is 0. The van der Waals surface area contributed by atoms with Crippen molar-refractivity contribution < 1.29 is 0 Å². The van der Waals surface area contributed by atoms with Crippen LogP contribution in [0.2, 0.25) is 0 Å². The molecule has 0 saturated heterocycles. The summed E-state index contributed by atoms with van der Waals surface area (Å²) in [5.74, 6) is 1.32. The molecule has 0 unspecified atom stereocenters. The van der Waals surface area contributed by atoms with Gasteiger partial charge in [0.05, 0.1) is 0 Å². The highest BCUT2D eigenvalue weighted by atomic mass is 32.2. The van der Waals surface area contributed by atoms with Crippen molar-refractivity contribution >= 4 is 80.7 Å². The molecule has 0 atom stereocenters. The van der Waals surface area contributed by atoms with E-state index in [1.807, 2.05) is 11.8 Å². The Morgan fingerprint density at radius 3 is 1.53 bits per heavy atom. The quantitative estimate of drug-likeness (QED) is 0.162. The van der Waals surface area contributed by atoms with Gasteiger partial charge in [0, 0.05) is 26.9 Å². The second-order valence-electron chi connectivity index (χ2n) is 16.6. The number of hydrogen-bond acceptors (Lipinski definition) is 2. The highest BCUT2D eigenvalue weighted by Crippen LogP contribution is 2.43. The molecule has 3 heterocycles. The molecule has 7 aromatic rings. The van der Waals surface area contributed by atoms with Gasteiger partial charge < -0.3 is 4.90 Å². The fraction of sp³-hybridized carbons (Fsp3) is 0.176. The predicted molar refractivity (Wildman–Crippen MR) is 241 cm³/mol. The molecule has 3 aliphatic heterocycles. The van der Waals surface area contributed by atoms with Gasteiger partial charge in [0.25, 0.3) is 0 Å². The van der Waals surface area contributed by atoms with E-state index in [1.165, 1.54) is 91.8 Å². The van der Waals surface area contributed by atoms with Crippen molar-refractivity contribution in [1.82, 2.24) is 0 Å². The Morgan fingerprint density at radius 1 is 0.473 bits per heavy atom. The first-order valence-electron chi connectivity index (χ1n) is 20.1. The first-order valence-corrected chi connectivity index (χ1v) is 22.9.